The molecule has 8 rings (SSSR count). The molecule has 0 aliphatic carbocycles. The number of unbranched alkanes of at least 4 members (excludes halogenated alkanes) is 1. The maximum atomic E-state index is 11.0. The summed E-state index contributed by atoms with van der Waals surface area (Å²) >= 11 is 0. The molecule has 0 bridgehead atoms. The van der Waals surface area contributed by atoms with Crippen molar-refractivity contribution in [1.82, 2.24) is 0 Å². The highest BCUT2D eigenvalue weighted by Gasteiger charge is 2.15. The van der Waals surface area contributed by atoms with E-state index in [0.717, 1.165) is 68.8 Å². The van der Waals surface area contributed by atoms with Crippen molar-refractivity contribution in [3.05, 3.63) is 169 Å². The van der Waals surface area contributed by atoms with Crippen molar-refractivity contribution in [2.24, 2.45) is 0 Å². The second-order valence-electron chi connectivity index (χ2n) is 13.9. The van der Waals surface area contributed by atoms with Crippen molar-refractivity contribution in [2.45, 2.75) is 26.7 Å². The summed E-state index contributed by atoms with van der Waals surface area (Å²) in [5.74, 6) is 1.87. The summed E-state index contributed by atoms with van der Waals surface area (Å²) in [6.07, 6.45) is 1.56. The first-order valence-electron chi connectivity index (χ1n) is 18.5. The molecule has 0 atom stereocenters. The van der Waals surface area contributed by atoms with Gasteiger partial charge in [0.05, 0.1) is 13.2 Å². The van der Waals surface area contributed by atoms with Crippen LogP contribution in [0.15, 0.2) is 158 Å². The first-order chi connectivity index (χ1) is 26.4. The number of aromatic hydroxyl groups is 2. The smallest absolute Gasteiger partial charge is 0.127 e. The second-order valence-corrected chi connectivity index (χ2v) is 13.9. The van der Waals surface area contributed by atoms with Crippen molar-refractivity contribution in [3.8, 4) is 67.5 Å². The minimum atomic E-state index is 0.211. The van der Waals surface area contributed by atoms with Crippen molar-refractivity contribution >= 4 is 21.5 Å². The first kappa shape index (κ1) is 34.6. The van der Waals surface area contributed by atoms with E-state index in [1.807, 2.05) is 72.8 Å². The molecule has 266 valence electrons. The van der Waals surface area contributed by atoms with Crippen LogP contribution in [0.3, 0.4) is 0 Å². The molecule has 2 N–H and O–H groups in total. The molecular weight excluding hydrogens is 665 g/mol. The number of hydrogen-bond acceptors (Lipinski definition) is 4. The molecular formula is C50H42O4. The fourth-order valence-corrected chi connectivity index (χ4v) is 7.40. The highest BCUT2D eigenvalue weighted by molar-refractivity contribution is 5.92. The van der Waals surface area contributed by atoms with E-state index in [9.17, 15) is 10.2 Å². The zero-order valence-corrected chi connectivity index (χ0v) is 30.6. The van der Waals surface area contributed by atoms with Gasteiger partial charge >= 0.3 is 0 Å². The molecule has 0 aromatic heterocycles. The van der Waals surface area contributed by atoms with Gasteiger partial charge in [0.2, 0.25) is 0 Å². The van der Waals surface area contributed by atoms with E-state index in [1.165, 1.54) is 32.7 Å². The Hall–Kier alpha value is -6.52. The van der Waals surface area contributed by atoms with Crippen LogP contribution in [-0.2, 0) is 0 Å². The largest absolute Gasteiger partial charge is 0.507 e. The molecule has 0 saturated heterocycles. The lowest BCUT2D eigenvalue weighted by Gasteiger charge is -2.16. The van der Waals surface area contributed by atoms with E-state index >= 15 is 0 Å². The summed E-state index contributed by atoms with van der Waals surface area (Å²) in [5.41, 5.74) is 9.88. The average Bonchev–Trinajstić information content (AvgIpc) is 3.20. The number of aryl methyl sites for hydroxylation is 2. The maximum Gasteiger partial charge on any atom is 0.127 e. The van der Waals surface area contributed by atoms with Gasteiger partial charge in [0, 0.05) is 22.3 Å². The molecule has 0 spiro atoms. The van der Waals surface area contributed by atoms with Crippen LogP contribution >= 0.6 is 0 Å². The van der Waals surface area contributed by atoms with Crippen molar-refractivity contribution in [2.75, 3.05) is 13.2 Å². The van der Waals surface area contributed by atoms with Crippen LogP contribution in [0.25, 0.3) is 66.1 Å². The summed E-state index contributed by atoms with van der Waals surface area (Å²) in [6.45, 7) is 5.27. The Bertz CT molecular complexity index is 2440. The molecule has 0 unspecified atom stereocenters. The molecule has 8 aromatic rings. The molecule has 0 aliphatic heterocycles. The van der Waals surface area contributed by atoms with Gasteiger partial charge in [-0.15, -0.1) is 0 Å². The molecule has 0 fully saturated rings. The normalized spacial score (nSPS) is 11.2. The lowest BCUT2D eigenvalue weighted by molar-refractivity contribution is 0.267. The number of hydrogen-bond donors (Lipinski definition) is 2. The molecule has 4 nitrogen and oxygen atoms in total. The molecule has 0 heterocycles. The van der Waals surface area contributed by atoms with E-state index in [2.05, 4.69) is 86.6 Å². The topological polar surface area (TPSA) is 58.9 Å². The van der Waals surface area contributed by atoms with Crippen molar-refractivity contribution in [1.29, 1.82) is 0 Å². The Balaban J connectivity index is 0.934. The van der Waals surface area contributed by atoms with E-state index in [1.54, 1.807) is 12.1 Å². The van der Waals surface area contributed by atoms with E-state index in [0.29, 0.717) is 13.2 Å². The summed E-state index contributed by atoms with van der Waals surface area (Å²) in [6, 6.07) is 52.9. The standard InChI is InChI=1S/C50H42O4/c1-33-27-39(29-37-13-3-5-15-41(33)37)35-21-23-47(51)45(31-35)43-17-7-9-19-49(43)53-25-11-12-26-54-50-20-10-8-18-44(50)46-32-36(22-24-48(46)52)40-28-34(2)42-16-6-4-14-38(42)30-40/h3-10,13-24,27-32,51-52H,11-12,25-26H2,1-2H3. The molecule has 0 aliphatic rings. The summed E-state index contributed by atoms with van der Waals surface area (Å²) in [5, 5.41) is 26.9. The lowest BCUT2D eigenvalue weighted by atomic mass is 9.94. The van der Waals surface area contributed by atoms with Gasteiger partial charge in [-0.1, -0.05) is 109 Å². The number of phenolic OH excluding ortho intramolecular Hbond substituents is 2. The number of phenols is 2. The van der Waals surface area contributed by atoms with Gasteiger partial charge in [-0.2, -0.15) is 0 Å². The molecule has 0 saturated carbocycles. The van der Waals surface area contributed by atoms with Crippen LogP contribution in [0.5, 0.6) is 23.0 Å². The van der Waals surface area contributed by atoms with Gasteiger partial charge in [-0.3, -0.25) is 0 Å². The minimum Gasteiger partial charge on any atom is -0.507 e. The SMILES string of the molecule is Cc1cc(-c2ccc(O)c(-c3ccccc3OCCCCOc3ccccc3-c3cc(-c4cc(C)c5ccccc5c4)ccc3O)c2)cc2ccccc12. The van der Waals surface area contributed by atoms with Crippen molar-refractivity contribution in [3.63, 3.8) is 0 Å². The fraction of sp³-hybridized carbons (Fsp3) is 0.120. The highest BCUT2D eigenvalue weighted by atomic mass is 16.5. The Morgan fingerprint density at radius 2 is 0.796 bits per heavy atom. The quantitative estimate of drug-likeness (QED) is 0.131. The summed E-state index contributed by atoms with van der Waals surface area (Å²) in [4.78, 5) is 0. The Labute approximate surface area is 316 Å². The third kappa shape index (κ3) is 7.11. The minimum absolute atomic E-state index is 0.211. The van der Waals surface area contributed by atoms with Gasteiger partial charge in [0.15, 0.2) is 0 Å². The number of para-hydroxylation sites is 2. The Morgan fingerprint density at radius 1 is 0.389 bits per heavy atom. The predicted molar refractivity (Wildman–Crippen MR) is 223 cm³/mol. The molecule has 8 aromatic carbocycles. The average molecular weight is 707 g/mol. The van der Waals surface area contributed by atoms with Crippen LogP contribution in [-0.4, -0.2) is 23.4 Å². The molecule has 0 amide bonds. The van der Waals surface area contributed by atoms with Crippen LogP contribution in [0.1, 0.15) is 24.0 Å². The molecule has 0 radical (unpaired) electrons. The lowest BCUT2D eigenvalue weighted by Crippen LogP contribution is -2.04. The van der Waals surface area contributed by atoms with Crippen molar-refractivity contribution < 1.29 is 19.7 Å². The second kappa shape index (κ2) is 15.2. The monoisotopic (exact) mass is 706 g/mol. The van der Waals surface area contributed by atoms with Gasteiger partial charge in [-0.25, -0.2) is 0 Å². The number of fused-ring (bicyclic) bond motifs is 2. The van der Waals surface area contributed by atoms with E-state index in [4.69, 9.17) is 9.47 Å². The van der Waals surface area contributed by atoms with Crippen LogP contribution < -0.4 is 9.47 Å². The van der Waals surface area contributed by atoms with Gasteiger partial charge in [0.25, 0.3) is 0 Å². The summed E-state index contributed by atoms with van der Waals surface area (Å²) < 4.78 is 12.6. The summed E-state index contributed by atoms with van der Waals surface area (Å²) in [7, 11) is 0. The zero-order valence-electron chi connectivity index (χ0n) is 30.6. The van der Waals surface area contributed by atoms with E-state index < -0.39 is 0 Å². The first-order valence-corrected chi connectivity index (χ1v) is 18.5. The van der Waals surface area contributed by atoms with Gasteiger partial charge in [0.1, 0.15) is 23.0 Å². The molecule has 4 heteroatoms. The Morgan fingerprint density at radius 3 is 1.26 bits per heavy atom. The van der Waals surface area contributed by atoms with Crippen LogP contribution in [0.2, 0.25) is 0 Å². The van der Waals surface area contributed by atoms with Crippen LogP contribution in [0.4, 0.5) is 0 Å². The zero-order chi connectivity index (χ0) is 37.0. The van der Waals surface area contributed by atoms with Crippen LogP contribution in [0, 0.1) is 13.8 Å². The van der Waals surface area contributed by atoms with E-state index in [-0.39, 0.29) is 11.5 Å². The third-order valence-corrected chi connectivity index (χ3v) is 10.2. The highest BCUT2D eigenvalue weighted by Crippen LogP contribution is 2.41. The number of rotatable bonds is 11. The Kier molecular flexibility index (Phi) is 9.74. The fourth-order valence-electron chi connectivity index (χ4n) is 7.40. The predicted octanol–water partition coefficient (Wildman–Crippen LogP) is 12.9. The van der Waals surface area contributed by atoms with Gasteiger partial charge < -0.3 is 19.7 Å². The maximum absolute atomic E-state index is 11.0. The number of ether oxygens (including phenoxy) is 2. The molecule has 54 heavy (non-hydrogen) atoms. The van der Waals surface area contributed by atoms with Gasteiger partial charge in [-0.05, 0) is 130 Å². The third-order valence-electron chi connectivity index (χ3n) is 10.2. The number of benzene rings is 8.